The van der Waals surface area contributed by atoms with Gasteiger partial charge in [-0.05, 0) is 49.8 Å². The Morgan fingerprint density at radius 1 is 1.35 bits per heavy atom. The molecule has 1 atom stereocenters. The highest BCUT2D eigenvalue weighted by Gasteiger charge is 2.09. The van der Waals surface area contributed by atoms with Gasteiger partial charge in [0.1, 0.15) is 0 Å². The van der Waals surface area contributed by atoms with Crippen LogP contribution < -0.4 is 11.3 Å². The number of hydrogen-bond donors (Lipinski definition) is 2. The van der Waals surface area contributed by atoms with Gasteiger partial charge in [-0.2, -0.15) is 0 Å². The molecule has 0 spiro atoms. The number of nitrogens with one attached hydrogen (secondary N) is 1. The van der Waals surface area contributed by atoms with Gasteiger partial charge in [-0.1, -0.05) is 37.3 Å². The first-order valence-electron chi connectivity index (χ1n) is 6.25. The van der Waals surface area contributed by atoms with E-state index in [9.17, 15) is 0 Å². The monoisotopic (exact) mass is 232 g/mol. The molecule has 0 bridgehead atoms. The summed E-state index contributed by atoms with van der Waals surface area (Å²) in [5.41, 5.74) is 8.15. The fourth-order valence-electron chi connectivity index (χ4n) is 1.90. The maximum atomic E-state index is 5.60. The Balaban J connectivity index is 2.67. The van der Waals surface area contributed by atoms with Crippen LogP contribution in [0.2, 0.25) is 0 Å². The fraction of sp³-hybridized carbons (Fsp3) is 0.467. The largest absolute Gasteiger partial charge is 0.271 e. The van der Waals surface area contributed by atoms with Crippen LogP contribution in [0.15, 0.2) is 30.4 Å². The molecule has 0 saturated carbocycles. The second-order valence-corrected chi connectivity index (χ2v) is 4.79. The van der Waals surface area contributed by atoms with Crippen molar-refractivity contribution in [3.8, 4) is 0 Å². The van der Waals surface area contributed by atoms with Gasteiger partial charge >= 0.3 is 0 Å². The molecule has 0 heterocycles. The van der Waals surface area contributed by atoms with E-state index < -0.39 is 0 Å². The van der Waals surface area contributed by atoms with Crippen LogP contribution in [0.5, 0.6) is 0 Å². The molecule has 0 amide bonds. The number of benzene rings is 1. The van der Waals surface area contributed by atoms with Crippen molar-refractivity contribution in [2.24, 2.45) is 5.84 Å². The van der Waals surface area contributed by atoms with Crippen LogP contribution in [-0.4, -0.2) is 6.04 Å². The van der Waals surface area contributed by atoms with Crippen LogP contribution in [-0.2, 0) is 6.42 Å². The Morgan fingerprint density at radius 2 is 2.06 bits per heavy atom. The molecule has 0 fully saturated rings. The minimum atomic E-state index is 0.282. The summed E-state index contributed by atoms with van der Waals surface area (Å²) in [5.74, 6) is 5.60. The van der Waals surface area contributed by atoms with Crippen molar-refractivity contribution in [1.82, 2.24) is 5.43 Å². The standard InChI is InChI=1S/C15H24N2/c1-5-11(2)8-15(17-16)10-14-7-6-12(3)13(4)9-14/h6-7,9,15,17H,2,5,8,10,16H2,1,3-4H3. The van der Waals surface area contributed by atoms with Crippen molar-refractivity contribution in [3.05, 3.63) is 47.0 Å². The van der Waals surface area contributed by atoms with Gasteiger partial charge in [0.25, 0.3) is 0 Å². The van der Waals surface area contributed by atoms with Gasteiger partial charge in [-0.25, -0.2) is 0 Å². The molecule has 1 rings (SSSR count). The number of hydrazine groups is 1. The Labute approximate surface area is 105 Å². The zero-order valence-corrected chi connectivity index (χ0v) is 11.2. The lowest BCUT2D eigenvalue weighted by Crippen LogP contribution is -2.37. The highest BCUT2D eigenvalue weighted by atomic mass is 15.2. The van der Waals surface area contributed by atoms with E-state index in [-0.39, 0.29) is 6.04 Å². The molecular weight excluding hydrogens is 208 g/mol. The average Bonchev–Trinajstić information content (AvgIpc) is 2.32. The molecule has 0 radical (unpaired) electrons. The van der Waals surface area contributed by atoms with Crippen LogP contribution in [0.4, 0.5) is 0 Å². The zero-order valence-electron chi connectivity index (χ0n) is 11.2. The predicted octanol–water partition coefficient (Wildman–Crippen LogP) is 3.03. The van der Waals surface area contributed by atoms with Gasteiger partial charge in [0.15, 0.2) is 0 Å². The first-order chi connectivity index (χ1) is 8.06. The van der Waals surface area contributed by atoms with Gasteiger partial charge < -0.3 is 0 Å². The van der Waals surface area contributed by atoms with Crippen molar-refractivity contribution in [3.63, 3.8) is 0 Å². The molecule has 1 unspecified atom stereocenters. The van der Waals surface area contributed by atoms with Gasteiger partial charge in [0.2, 0.25) is 0 Å². The third-order valence-electron chi connectivity index (χ3n) is 3.32. The number of aryl methyl sites for hydroxylation is 2. The predicted molar refractivity (Wildman–Crippen MR) is 74.8 cm³/mol. The smallest absolute Gasteiger partial charge is 0.0287 e. The second kappa shape index (κ2) is 6.58. The first-order valence-corrected chi connectivity index (χ1v) is 6.25. The third kappa shape index (κ3) is 4.33. The van der Waals surface area contributed by atoms with E-state index in [1.807, 2.05) is 0 Å². The van der Waals surface area contributed by atoms with E-state index in [1.54, 1.807) is 0 Å². The average molecular weight is 232 g/mol. The normalized spacial score (nSPS) is 12.5. The molecule has 1 aromatic carbocycles. The molecule has 0 aliphatic rings. The summed E-state index contributed by atoms with van der Waals surface area (Å²) in [6.45, 7) is 10.5. The summed E-state index contributed by atoms with van der Waals surface area (Å²) >= 11 is 0. The van der Waals surface area contributed by atoms with Crippen molar-refractivity contribution in [1.29, 1.82) is 0 Å². The number of hydrogen-bond acceptors (Lipinski definition) is 2. The molecule has 0 aliphatic heterocycles. The highest BCUT2D eigenvalue weighted by molar-refractivity contribution is 5.30. The highest BCUT2D eigenvalue weighted by Crippen LogP contribution is 2.15. The molecule has 3 N–H and O–H groups in total. The Kier molecular flexibility index (Phi) is 5.39. The summed E-state index contributed by atoms with van der Waals surface area (Å²) in [6.07, 6.45) is 2.92. The first kappa shape index (κ1) is 13.9. The quantitative estimate of drug-likeness (QED) is 0.449. The molecule has 17 heavy (non-hydrogen) atoms. The van der Waals surface area contributed by atoms with E-state index >= 15 is 0 Å². The Bertz CT molecular complexity index is 383. The maximum Gasteiger partial charge on any atom is 0.0287 e. The molecule has 0 aliphatic carbocycles. The molecule has 0 saturated heterocycles. The summed E-state index contributed by atoms with van der Waals surface area (Å²) in [5, 5.41) is 0. The van der Waals surface area contributed by atoms with Crippen LogP contribution in [0.3, 0.4) is 0 Å². The summed E-state index contributed by atoms with van der Waals surface area (Å²) in [6, 6.07) is 6.88. The lowest BCUT2D eigenvalue weighted by atomic mass is 9.97. The molecule has 1 aromatic rings. The molecule has 2 heteroatoms. The number of nitrogens with two attached hydrogens (primary N) is 1. The maximum absolute atomic E-state index is 5.60. The van der Waals surface area contributed by atoms with Crippen molar-refractivity contribution < 1.29 is 0 Å². The van der Waals surface area contributed by atoms with E-state index in [0.717, 1.165) is 19.3 Å². The minimum Gasteiger partial charge on any atom is -0.271 e. The molecule has 2 nitrogen and oxygen atoms in total. The van der Waals surface area contributed by atoms with E-state index in [4.69, 9.17) is 5.84 Å². The van der Waals surface area contributed by atoms with E-state index in [1.165, 1.54) is 22.3 Å². The second-order valence-electron chi connectivity index (χ2n) is 4.79. The van der Waals surface area contributed by atoms with Crippen molar-refractivity contribution in [2.45, 2.75) is 46.1 Å². The number of rotatable bonds is 6. The SMILES string of the molecule is C=C(CC)CC(Cc1ccc(C)c(C)c1)NN. The summed E-state index contributed by atoms with van der Waals surface area (Å²) in [7, 11) is 0. The lowest BCUT2D eigenvalue weighted by molar-refractivity contribution is 0.516. The van der Waals surface area contributed by atoms with Crippen LogP contribution in [0, 0.1) is 13.8 Å². The minimum absolute atomic E-state index is 0.282. The zero-order chi connectivity index (χ0) is 12.8. The summed E-state index contributed by atoms with van der Waals surface area (Å²) < 4.78 is 0. The third-order valence-corrected chi connectivity index (χ3v) is 3.32. The van der Waals surface area contributed by atoms with Crippen molar-refractivity contribution in [2.75, 3.05) is 0 Å². The van der Waals surface area contributed by atoms with Crippen molar-refractivity contribution >= 4 is 0 Å². The molecule has 94 valence electrons. The van der Waals surface area contributed by atoms with Gasteiger partial charge in [0.05, 0.1) is 0 Å². The van der Waals surface area contributed by atoms with Crippen LogP contribution in [0.1, 0.15) is 36.5 Å². The summed E-state index contributed by atoms with van der Waals surface area (Å²) in [4.78, 5) is 0. The molecular formula is C15H24N2. The Morgan fingerprint density at radius 3 is 2.59 bits per heavy atom. The lowest BCUT2D eigenvalue weighted by Gasteiger charge is -2.17. The fourth-order valence-corrected chi connectivity index (χ4v) is 1.90. The van der Waals surface area contributed by atoms with Crippen LogP contribution >= 0.6 is 0 Å². The molecule has 0 aromatic heterocycles. The Hall–Kier alpha value is -1.12. The van der Waals surface area contributed by atoms with Gasteiger partial charge in [-0.3, -0.25) is 11.3 Å². The van der Waals surface area contributed by atoms with Gasteiger partial charge in [0, 0.05) is 6.04 Å². The van der Waals surface area contributed by atoms with Crippen LogP contribution in [0.25, 0.3) is 0 Å². The van der Waals surface area contributed by atoms with E-state index in [2.05, 4.69) is 51.0 Å². The van der Waals surface area contributed by atoms with Gasteiger partial charge in [-0.15, -0.1) is 0 Å². The van der Waals surface area contributed by atoms with E-state index in [0.29, 0.717) is 0 Å². The topological polar surface area (TPSA) is 38.0 Å².